The van der Waals surface area contributed by atoms with E-state index in [1.54, 1.807) is 28.9 Å². The first kappa shape index (κ1) is 15.4. The Morgan fingerprint density at radius 2 is 1.92 bits per heavy atom. The summed E-state index contributed by atoms with van der Waals surface area (Å²) >= 11 is 3.49. The third-order valence-corrected chi connectivity index (χ3v) is 4.52. The number of hydrogen-bond donors (Lipinski definition) is 2. The van der Waals surface area contributed by atoms with E-state index in [-0.39, 0.29) is 5.82 Å². The summed E-state index contributed by atoms with van der Waals surface area (Å²) in [6.45, 7) is 0. The predicted molar refractivity (Wildman–Crippen MR) is 97.1 cm³/mol. The zero-order valence-electron chi connectivity index (χ0n) is 12.8. The van der Waals surface area contributed by atoms with E-state index in [2.05, 4.69) is 37.4 Å². The highest BCUT2D eigenvalue weighted by atomic mass is 79.9. The number of anilines is 2. The van der Waals surface area contributed by atoms with Crippen molar-refractivity contribution < 1.29 is 4.39 Å². The fourth-order valence-corrected chi connectivity index (χ4v) is 3.03. The minimum absolute atomic E-state index is 0.359. The Hall–Kier alpha value is -3.11. The molecule has 0 atom stereocenters. The number of hydrogen-bond acceptors (Lipinski definition) is 3. The number of nitrogens with one attached hydrogen (secondary N) is 2. The lowest BCUT2D eigenvalue weighted by molar-refractivity contribution is 0.631. The second-order valence-corrected chi connectivity index (χ2v) is 6.21. The second kappa shape index (κ2) is 6.07. The largest absolute Gasteiger partial charge is 0.337 e. The van der Waals surface area contributed by atoms with Crippen LogP contribution in [0.4, 0.5) is 15.9 Å². The van der Waals surface area contributed by atoms with Gasteiger partial charge in [-0.25, -0.2) is 13.9 Å². The molecule has 0 fully saturated rings. The van der Waals surface area contributed by atoms with Gasteiger partial charge in [-0.1, -0.05) is 24.3 Å². The molecule has 4 rings (SSSR count). The summed E-state index contributed by atoms with van der Waals surface area (Å²) in [4.78, 5) is 4.49. The Bertz CT molecular complexity index is 1120. The maximum atomic E-state index is 14.3. The van der Waals surface area contributed by atoms with Crippen LogP contribution in [0.25, 0.3) is 16.9 Å². The number of aromatic amines is 1. The van der Waals surface area contributed by atoms with E-state index in [1.807, 2.05) is 24.3 Å². The predicted octanol–water partition coefficient (Wildman–Crippen LogP) is 4.85. The molecule has 0 amide bonds. The Balaban J connectivity index is 1.96. The number of para-hydroxylation sites is 1. The van der Waals surface area contributed by atoms with Gasteiger partial charge in [-0.2, -0.15) is 5.26 Å². The van der Waals surface area contributed by atoms with Gasteiger partial charge in [0.2, 0.25) is 0 Å². The number of benzene rings is 2. The first-order valence-corrected chi connectivity index (χ1v) is 8.24. The van der Waals surface area contributed by atoms with Crippen molar-refractivity contribution in [1.82, 2.24) is 14.6 Å². The number of fused-ring (bicyclic) bond motifs is 1. The smallest absolute Gasteiger partial charge is 0.173 e. The number of rotatable bonds is 3. The van der Waals surface area contributed by atoms with Crippen LogP contribution < -0.4 is 5.32 Å². The number of imidazole rings is 1. The number of aromatic nitrogens is 3. The van der Waals surface area contributed by atoms with Crippen LogP contribution >= 0.6 is 15.9 Å². The molecule has 0 spiro atoms. The lowest BCUT2D eigenvalue weighted by Gasteiger charge is -2.10. The molecule has 25 heavy (non-hydrogen) atoms. The van der Waals surface area contributed by atoms with Crippen LogP contribution in [-0.4, -0.2) is 14.6 Å². The van der Waals surface area contributed by atoms with Gasteiger partial charge in [-0.15, -0.1) is 0 Å². The first-order chi connectivity index (χ1) is 12.2. The summed E-state index contributed by atoms with van der Waals surface area (Å²) in [6, 6.07) is 16.1. The van der Waals surface area contributed by atoms with E-state index in [0.717, 1.165) is 10.2 Å². The van der Waals surface area contributed by atoms with E-state index in [4.69, 9.17) is 0 Å². The maximum Gasteiger partial charge on any atom is 0.173 e. The molecule has 122 valence electrons. The van der Waals surface area contributed by atoms with Gasteiger partial charge < -0.3 is 5.32 Å². The van der Waals surface area contributed by atoms with Crippen molar-refractivity contribution in [2.45, 2.75) is 0 Å². The lowest BCUT2D eigenvalue weighted by atomic mass is 10.1. The molecule has 0 bridgehead atoms. The van der Waals surface area contributed by atoms with Crippen molar-refractivity contribution in [3.8, 4) is 17.3 Å². The van der Waals surface area contributed by atoms with Crippen molar-refractivity contribution in [2.75, 3.05) is 5.32 Å². The van der Waals surface area contributed by atoms with E-state index in [1.165, 1.54) is 6.07 Å². The highest BCUT2D eigenvalue weighted by Gasteiger charge is 2.20. The van der Waals surface area contributed by atoms with Gasteiger partial charge in [0.25, 0.3) is 0 Å². The first-order valence-electron chi connectivity index (χ1n) is 7.45. The fourth-order valence-electron chi connectivity index (χ4n) is 2.65. The number of nitriles is 1. The zero-order valence-corrected chi connectivity index (χ0v) is 14.4. The topological polar surface area (TPSA) is 68.9 Å². The molecular formula is C18H11BrFN5. The maximum absolute atomic E-state index is 14.3. The molecular weight excluding hydrogens is 385 g/mol. The van der Waals surface area contributed by atoms with Gasteiger partial charge in [-0.05, 0) is 40.2 Å². The molecule has 0 aliphatic heterocycles. The van der Waals surface area contributed by atoms with Gasteiger partial charge in [0, 0.05) is 16.2 Å². The Labute approximate surface area is 150 Å². The molecule has 2 heterocycles. The lowest BCUT2D eigenvalue weighted by Crippen LogP contribution is -1.99. The molecule has 0 aliphatic carbocycles. The standard InChI is InChI=1S/C18H11BrFN5/c19-13-6-2-4-8-15(13)23-18-16(12-5-1-3-7-14(12)20)24-17-11(9-21)10-22-25(17)18/h1-8,10,22-23H. The van der Waals surface area contributed by atoms with Crippen LogP contribution in [0, 0.1) is 17.1 Å². The monoisotopic (exact) mass is 395 g/mol. The Kier molecular flexibility index (Phi) is 3.75. The summed E-state index contributed by atoms with van der Waals surface area (Å²) in [5, 5.41) is 15.5. The molecule has 2 N–H and O–H groups in total. The van der Waals surface area contributed by atoms with E-state index >= 15 is 0 Å². The summed E-state index contributed by atoms with van der Waals surface area (Å²) in [5.74, 6) is 0.172. The molecule has 0 unspecified atom stereocenters. The number of H-pyrrole nitrogens is 1. The molecule has 7 heteroatoms. The van der Waals surface area contributed by atoms with Crippen LogP contribution in [0.15, 0.2) is 59.2 Å². The minimum Gasteiger partial charge on any atom is -0.337 e. The minimum atomic E-state index is -0.378. The van der Waals surface area contributed by atoms with Gasteiger partial charge in [0.05, 0.1) is 5.69 Å². The van der Waals surface area contributed by atoms with Crippen molar-refractivity contribution in [2.24, 2.45) is 0 Å². The molecule has 0 radical (unpaired) electrons. The van der Waals surface area contributed by atoms with Crippen molar-refractivity contribution in [1.29, 1.82) is 5.26 Å². The van der Waals surface area contributed by atoms with E-state index in [9.17, 15) is 9.65 Å². The van der Waals surface area contributed by atoms with Crippen LogP contribution in [0.3, 0.4) is 0 Å². The summed E-state index contributed by atoms with van der Waals surface area (Å²) in [5.41, 5.74) is 2.42. The highest BCUT2D eigenvalue weighted by molar-refractivity contribution is 9.10. The molecule has 2 aromatic carbocycles. The van der Waals surface area contributed by atoms with E-state index in [0.29, 0.717) is 28.3 Å². The highest BCUT2D eigenvalue weighted by Crippen LogP contribution is 2.34. The van der Waals surface area contributed by atoms with Gasteiger partial charge in [0.15, 0.2) is 11.5 Å². The van der Waals surface area contributed by atoms with Gasteiger partial charge in [0.1, 0.15) is 23.1 Å². The van der Waals surface area contributed by atoms with Crippen LogP contribution in [-0.2, 0) is 0 Å². The number of halogens is 2. The number of nitrogens with zero attached hydrogens (tertiary/aromatic N) is 3. The van der Waals surface area contributed by atoms with Crippen molar-refractivity contribution in [3.05, 3.63) is 70.6 Å². The van der Waals surface area contributed by atoms with Gasteiger partial charge >= 0.3 is 0 Å². The fraction of sp³-hybridized carbons (Fsp3) is 0. The third-order valence-electron chi connectivity index (χ3n) is 3.83. The quantitative estimate of drug-likeness (QED) is 0.521. The molecule has 2 aromatic heterocycles. The molecule has 4 aromatic rings. The molecule has 0 saturated carbocycles. The third kappa shape index (κ3) is 2.57. The van der Waals surface area contributed by atoms with E-state index < -0.39 is 0 Å². The average Bonchev–Trinajstić information content (AvgIpc) is 3.17. The average molecular weight is 396 g/mol. The SMILES string of the molecule is N#Cc1c[nH]n2c(Nc3ccccc3Br)c(-c3ccccc3F)nc12. The summed E-state index contributed by atoms with van der Waals surface area (Å²) < 4.78 is 16.8. The summed E-state index contributed by atoms with van der Waals surface area (Å²) in [6.07, 6.45) is 1.57. The van der Waals surface area contributed by atoms with Crippen LogP contribution in [0.1, 0.15) is 5.56 Å². The van der Waals surface area contributed by atoms with Crippen LogP contribution in [0.5, 0.6) is 0 Å². The Morgan fingerprint density at radius 3 is 2.68 bits per heavy atom. The molecule has 5 nitrogen and oxygen atoms in total. The normalized spacial score (nSPS) is 10.8. The summed E-state index contributed by atoms with van der Waals surface area (Å²) in [7, 11) is 0. The Morgan fingerprint density at radius 1 is 1.16 bits per heavy atom. The zero-order chi connectivity index (χ0) is 17.4. The second-order valence-electron chi connectivity index (χ2n) is 5.35. The molecule has 0 saturated heterocycles. The molecule has 0 aliphatic rings. The van der Waals surface area contributed by atoms with Gasteiger partial charge in [-0.3, -0.25) is 5.10 Å². The van der Waals surface area contributed by atoms with Crippen molar-refractivity contribution >= 4 is 33.1 Å². The van der Waals surface area contributed by atoms with Crippen LogP contribution in [0.2, 0.25) is 0 Å². The van der Waals surface area contributed by atoms with Crippen molar-refractivity contribution in [3.63, 3.8) is 0 Å².